The molecule has 0 saturated carbocycles. The Bertz CT molecular complexity index is 707. The first-order chi connectivity index (χ1) is 9.83. The Morgan fingerprint density at radius 1 is 1.24 bits per heavy atom. The Labute approximate surface area is 129 Å². The van der Waals surface area contributed by atoms with E-state index in [0.29, 0.717) is 13.0 Å². The van der Waals surface area contributed by atoms with Gasteiger partial charge in [0.05, 0.1) is 23.5 Å². The van der Waals surface area contributed by atoms with E-state index in [9.17, 15) is 4.79 Å². The summed E-state index contributed by atoms with van der Waals surface area (Å²) in [4.78, 5) is 12.7. The SMILES string of the molecule is Cl.N#CCCn1c(=O)n(C2CCNCC2)c2ccccc21. The highest BCUT2D eigenvalue weighted by Crippen LogP contribution is 2.23. The number of hydrogen-bond donors (Lipinski definition) is 1. The van der Waals surface area contributed by atoms with Gasteiger partial charge in [0.2, 0.25) is 0 Å². The third kappa shape index (κ3) is 2.82. The minimum Gasteiger partial charge on any atom is -0.317 e. The second-order valence-corrected chi connectivity index (χ2v) is 5.18. The monoisotopic (exact) mass is 306 g/mol. The summed E-state index contributed by atoms with van der Waals surface area (Å²) in [5, 5.41) is 12.1. The van der Waals surface area contributed by atoms with E-state index in [4.69, 9.17) is 5.26 Å². The average molecular weight is 307 g/mol. The maximum Gasteiger partial charge on any atom is 0.329 e. The van der Waals surface area contributed by atoms with Crippen molar-refractivity contribution in [3.05, 3.63) is 34.7 Å². The van der Waals surface area contributed by atoms with E-state index in [0.717, 1.165) is 37.0 Å². The molecule has 1 saturated heterocycles. The molecule has 1 aliphatic rings. The first-order valence-corrected chi connectivity index (χ1v) is 7.10. The summed E-state index contributed by atoms with van der Waals surface area (Å²) in [6.45, 7) is 2.37. The molecule has 1 fully saturated rings. The number of benzene rings is 1. The van der Waals surface area contributed by atoms with Crippen LogP contribution in [0.25, 0.3) is 11.0 Å². The molecule has 2 aromatic rings. The molecule has 0 amide bonds. The molecule has 5 nitrogen and oxygen atoms in total. The van der Waals surface area contributed by atoms with Crippen molar-refractivity contribution in [1.82, 2.24) is 14.5 Å². The Morgan fingerprint density at radius 3 is 2.57 bits per heavy atom. The zero-order valence-corrected chi connectivity index (χ0v) is 12.6. The van der Waals surface area contributed by atoms with Crippen molar-refractivity contribution in [2.45, 2.75) is 31.8 Å². The van der Waals surface area contributed by atoms with E-state index in [1.165, 1.54) is 0 Å². The van der Waals surface area contributed by atoms with Gasteiger partial charge in [0, 0.05) is 12.6 Å². The molecule has 0 aliphatic carbocycles. The summed E-state index contributed by atoms with van der Waals surface area (Å²) in [7, 11) is 0. The van der Waals surface area contributed by atoms with Gasteiger partial charge in [-0.1, -0.05) is 12.1 Å². The van der Waals surface area contributed by atoms with E-state index < -0.39 is 0 Å². The molecule has 1 aromatic heterocycles. The Hall–Kier alpha value is -1.77. The zero-order chi connectivity index (χ0) is 13.9. The molecule has 6 heteroatoms. The number of rotatable bonds is 3. The second kappa shape index (κ2) is 6.79. The summed E-state index contributed by atoms with van der Waals surface area (Å²) in [5.74, 6) is 0. The average Bonchev–Trinajstić information content (AvgIpc) is 2.78. The topological polar surface area (TPSA) is 62.8 Å². The Balaban J connectivity index is 0.00000161. The molecule has 0 spiro atoms. The summed E-state index contributed by atoms with van der Waals surface area (Å²) >= 11 is 0. The molecule has 2 heterocycles. The first kappa shape index (κ1) is 15.6. The van der Waals surface area contributed by atoms with Gasteiger partial charge in [0.25, 0.3) is 0 Å². The quantitative estimate of drug-likeness (QED) is 0.944. The normalized spacial score (nSPS) is 15.6. The van der Waals surface area contributed by atoms with Crippen LogP contribution in [0.4, 0.5) is 0 Å². The first-order valence-electron chi connectivity index (χ1n) is 7.10. The number of halogens is 1. The van der Waals surface area contributed by atoms with Gasteiger partial charge in [-0.25, -0.2) is 4.79 Å². The Kier molecular flexibility index (Phi) is 5.05. The lowest BCUT2D eigenvalue weighted by atomic mass is 10.1. The predicted octanol–water partition coefficient (Wildman–Crippen LogP) is 2.06. The van der Waals surface area contributed by atoms with Crippen LogP contribution in [0.1, 0.15) is 25.3 Å². The van der Waals surface area contributed by atoms with Gasteiger partial charge < -0.3 is 5.32 Å². The van der Waals surface area contributed by atoms with E-state index in [2.05, 4.69) is 11.4 Å². The largest absolute Gasteiger partial charge is 0.329 e. The van der Waals surface area contributed by atoms with Crippen molar-refractivity contribution >= 4 is 23.4 Å². The van der Waals surface area contributed by atoms with Crippen molar-refractivity contribution < 1.29 is 0 Å². The lowest BCUT2D eigenvalue weighted by molar-refractivity contribution is 0.364. The molecular weight excluding hydrogens is 288 g/mol. The highest BCUT2D eigenvalue weighted by atomic mass is 35.5. The molecular formula is C15H19ClN4O. The van der Waals surface area contributed by atoms with Gasteiger partial charge in [0.15, 0.2) is 0 Å². The fraction of sp³-hybridized carbons (Fsp3) is 0.467. The summed E-state index contributed by atoms with van der Waals surface area (Å²) in [5.41, 5.74) is 1.95. The van der Waals surface area contributed by atoms with Crippen LogP contribution < -0.4 is 11.0 Å². The van der Waals surface area contributed by atoms with Crippen LogP contribution in [-0.2, 0) is 6.54 Å². The van der Waals surface area contributed by atoms with Gasteiger partial charge in [-0.3, -0.25) is 9.13 Å². The van der Waals surface area contributed by atoms with E-state index >= 15 is 0 Å². The fourth-order valence-electron chi connectivity index (χ4n) is 3.03. The van der Waals surface area contributed by atoms with E-state index in [1.54, 1.807) is 4.57 Å². The minimum atomic E-state index is 0. The third-order valence-electron chi connectivity index (χ3n) is 3.99. The van der Waals surface area contributed by atoms with Crippen molar-refractivity contribution in [2.75, 3.05) is 13.1 Å². The van der Waals surface area contributed by atoms with Crippen LogP contribution in [0.2, 0.25) is 0 Å². The summed E-state index contributed by atoms with van der Waals surface area (Å²) < 4.78 is 3.66. The predicted molar refractivity (Wildman–Crippen MR) is 84.8 cm³/mol. The number of fused-ring (bicyclic) bond motifs is 1. The lowest BCUT2D eigenvalue weighted by Gasteiger charge is -2.23. The standard InChI is InChI=1S/C15H18N4O.ClH/c16-8-3-11-18-13-4-1-2-5-14(13)19(15(18)20)12-6-9-17-10-7-12;/h1-2,4-5,12,17H,3,6-7,9-11H2;1H. The minimum absolute atomic E-state index is 0. The highest BCUT2D eigenvalue weighted by Gasteiger charge is 2.21. The van der Waals surface area contributed by atoms with Gasteiger partial charge in [0.1, 0.15) is 0 Å². The van der Waals surface area contributed by atoms with Crippen LogP contribution in [0.5, 0.6) is 0 Å². The molecule has 112 valence electrons. The molecule has 21 heavy (non-hydrogen) atoms. The van der Waals surface area contributed by atoms with Crippen LogP contribution in [-0.4, -0.2) is 22.2 Å². The molecule has 1 aromatic carbocycles. The van der Waals surface area contributed by atoms with Gasteiger partial charge in [-0.05, 0) is 38.1 Å². The van der Waals surface area contributed by atoms with Crippen LogP contribution in [0, 0.1) is 11.3 Å². The van der Waals surface area contributed by atoms with Gasteiger partial charge in [-0.2, -0.15) is 5.26 Å². The molecule has 3 rings (SSSR count). The number of para-hydroxylation sites is 2. The van der Waals surface area contributed by atoms with E-state index in [-0.39, 0.29) is 24.1 Å². The number of aromatic nitrogens is 2. The zero-order valence-electron chi connectivity index (χ0n) is 11.8. The molecule has 0 bridgehead atoms. The highest BCUT2D eigenvalue weighted by molar-refractivity contribution is 5.85. The smallest absolute Gasteiger partial charge is 0.317 e. The van der Waals surface area contributed by atoms with Crippen molar-refractivity contribution in [3.8, 4) is 6.07 Å². The third-order valence-corrected chi connectivity index (χ3v) is 3.99. The number of aryl methyl sites for hydroxylation is 1. The van der Waals surface area contributed by atoms with E-state index in [1.807, 2.05) is 28.8 Å². The number of imidazole rings is 1. The molecule has 1 aliphatic heterocycles. The molecule has 0 radical (unpaired) electrons. The van der Waals surface area contributed by atoms with Crippen molar-refractivity contribution in [3.63, 3.8) is 0 Å². The Morgan fingerprint density at radius 2 is 1.90 bits per heavy atom. The number of nitriles is 1. The van der Waals surface area contributed by atoms with Gasteiger partial charge in [-0.15, -0.1) is 12.4 Å². The number of piperidine rings is 1. The molecule has 0 unspecified atom stereocenters. The fourth-order valence-corrected chi connectivity index (χ4v) is 3.03. The van der Waals surface area contributed by atoms with Crippen molar-refractivity contribution in [1.29, 1.82) is 5.26 Å². The van der Waals surface area contributed by atoms with Crippen molar-refractivity contribution in [2.24, 2.45) is 0 Å². The maximum atomic E-state index is 12.7. The van der Waals surface area contributed by atoms with Crippen LogP contribution >= 0.6 is 12.4 Å². The number of nitrogens with one attached hydrogen (secondary N) is 1. The number of hydrogen-bond acceptors (Lipinski definition) is 3. The van der Waals surface area contributed by atoms with Crippen LogP contribution in [0.3, 0.4) is 0 Å². The molecule has 1 N–H and O–H groups in total. The number of nitrogens with zero attached hydrogens (tertiary/aromatic N) is 3. The molecule has 0 atom stereocenters. The maximum absolute atomic E-state index is 12.7. The summed E-state index contributed by atoms with van der Waals surface area (Å²) in [6, 6.07) is 10.3. The lowest BCUT2D eigenvalue weighted by Crippen LogP contribution is -2.34. The second-order valence-electron chi connectivity index (χ2n) is 5.18. The van der Waals surface area contributed by atoms with Crippen LogP contribution in [0.15, 0.2) is 29.1 Å². The summed E-state index contributed by atoms with van der Waals surface area (Å²) in [6.07, 6.45) is 2.32. The van der Waals surface area contributed by atoms with Gasteiger partial charge >= 0.3 is 5.69 Å².